The van der Waals surface area contributed by atoms with Crippen LogP contribution in [0.1, 0.15) is 50.3 Å². The van der Waals surface area contributed by atoms with Crippen molar-refractivity contribution in [2.75, 3.05) is 52.9 Å². The quantitative estimate of drug-likeness (QED) is 0.113. The van der Waals surface area contributed by atoms with E-state index in [2.05, 4.69) is 51.3 Å². The maximum absolute atomic E-state index is 13.3. The summed E-state index contributed by atoms with van der Waals surface area (Å²) in [6.45, 7) is 4.04. The maximum atomic E-state index is 13.3. The fourth-order valence-corrected chi connectivity index (χ4v) is 6.17. The molecule has 1 aliphatic rings. The molecule has 1 amide bonds. The number of nitrogens with zero attached hydrogens (tertiary/aromatic N) is 1. The Morgan fingerprint density at radius 1 is 0.833 bits per heavy atom. The first kappa shape index (κ1) is 34.6. The zero-order valence-corrected chi connectivity index (χ0v) is 28.0. The number of pyridine rings is 1. The van der Waals surface area contributed by atoms with E-state index in [1.165, 1.54) is 16.7 Å². The predicted molar refractivity (Wildman–Crippen MR) is 189 cm³/mol. The van der Waals surface area contributed by atoms with Crippen molar-refractivity contribution in [3.8, 4) is 28.4 Å². The van der Waals surface area contributed by atoms with Gasteiger partial charge in [0.15, 0.2) is 0 Å². The molecule has 10 heteroatoms. The van der Waals surface area contributed by atoms with E-state index in [0.29, 0.717) is 37.6 Å². The van der Waals surface area contributed by atoms with Crippen LogP contribution in [0, 0.1) is 6.92 Å². The van der Waals surface area contributed by atoms with Gasteiger partial charge in [0.1, 0.15) is 22.9 Å². The number of benzene rings is 3. The van der Waals surface area contributed by atoms with E-state index in [4.69, 9.17) is 24.4 Å². The number of amides is 1. The lowest BCUT2D eigenvalue weighted by atomic mass is 9.92. The van der Waals surface area contributed by atoms with Crippen LogP contribution in [0.5, 0.6) is 17.2 Å². The third kappa shape index (κ3) is 7.69. The number of ether oxygens (including phenoxy) is 3. The van der Waals surface area contributed by atoms with Crippen molar-refractivity contribution in [1.82, 2.24) is 15.6 Å². The van der Waals surface area contributed by atoms with Gasteiger partial charge in [0, 0.05) is 55.3 Å². The molecule has 0 unspecified atom stereocenters. The van der Waals surface area contributed by atoms with Crippen LogP contribution in [0.3, 0.4) is 0 Å². The number of rotatable bonds is 15. The summed E-state index contributed by atoms with van der Waals surface area (Å²) in [5.41, 5.74) is 10.5. The molecule has 48 heavy (non-hydrogen) atoms. The number of hydrogen-bond donors (Lipinski definition) is 5. The van der Waals surface area contributed by atoms with E-state index in [-0.39, 0.29) is 24.8 Å². The van der Waals surface area contributed by atoms with E-state index in [9.17, 15) is 4.79 Å². The van der Waals surface area contributed by atoms with Crippen LogP contribution < -0.4 is 30.2 Å². The lowest BCUT2D eigenvalue weighted by molar-refractivity contribution is 0.102. The van der Waals surface area contributed by atoms with Gasteiger partial charge in [-0.1, -0.05) is 36.4 Å². The zero-order chi connectivity index (χ0) is 34.0. The smallest absolute Gasteiger partial charge is 0.274 e. The summed E-state index contributed by atoms with van der Waals surface area (Å²) in [6.07, 6.45) is 5.61. The summed E-state index contributed by atoms with van der Waals surface area (Å²) in [5.74, 6) is 1.69. The van der Waals surface area contributed by atoms with Crippen molar-refractivity contribution < 1.29 is 29.2 Å². The molecule has 4 aromatic rings. The van der Waals surface area contributed by atoms with E-state index in [1.807, 2.05) is 31.2 Å². The number of fused-ring (bicyclic) bond motifs is 1. The Morgan fingerprint density at radius 2 is 1.48 bits per heavy atom. The molecule has 0 aliphatic heterocycles. The Balaban J connectivity index is 1.40. The van der Waals surface area contributed by atoms with Gasteiger partial charge in [0.05, 0.1) is 34.5 Å². The first-order chi connectivity index (χ1) is 23.4. The highest BCUT2D eigenvalue weighted by molar-refractivity contribution is 6.04. The van der Waals surface area contributed by atoms with E-state index < -0.39 is 0 Å². The Hall–Kier alpha value is -4.74. The van der Waals surface area contributed by atoms with Gasteiger partial charge < -0.3 is 40.4 Å². The molecular formula is C38H44N4O6. The van der Waals surface area contributed by atoms with Gasteiger partial charge in [0.25, 0.3) is 5.91 Å². The molecule has 0 spiro atoms. The van der Waals surface area contributed by atoms with Gasteiger partial charge in [0.2, 0.25) is 0 Å². The minimum atomic E-state index is -0.326. The van der Waals surface area contributed by atoms with Gasteiger partial charge in [-0.3, -0.25) is 9.78 Å². The molecule has 1 aliphatic carbocycles. The number of hydrogen-bond acceptors (Lipinski definition) is 9. The topological polar surface area (TPSA) is 134 Å². The van der Waals surface area contributed by atoms with Gasteiger partial charge >= 0.3 is 0 Å². The van der Waals surface area contributed by atoms with Crippen molar-refractivity contribution in [2.24, 2.45) is 0 Å². The fraction of sp³-hybridized carbons (Fsp3) is 0.316. The first-order valence-electron chi connectivity index (χ1n) is 16.1. The van der Waals surface area contributed by atoms with Gasteiger partial charge in [-0.2, -0.15) is 0 Å². The average Bonchev–Trinajstić information content (AvgIpc) is 3.52. The Labute approximate surface area is 281 Å². The molecule has 5 N–H and O–H groups in total. The molecule has 5 rings (SSSR count). The van der Waals surface area contributed by atoms with Crippen molar-refractivity contribution in [2.45, 2.75) is 32.9 Å². The molecule has 0 fully saturated rings. The van der Waals surface area contributed by atoms with Gasteiger partial charge in [-0.15, -0.1) is 0 Å². The Kier molecular flexibility index (Phi) is 11.8. The molecular weight excluding hydrogens is 608 g/mol. The number of aromatic nitrogens is 1. The number of aliphatic hydroxyl groups is 2. The van der Waals surface area contributed by atoms with Crippen molar-refractivity contribution in [1.29, 1.82) is 0 Å². The number of anilines is 1. The molecule has 0 saturated carbocycles. The number of methoxy groups -OCH3 is 3. The Morgan fingerprint density at radius 3 is 2.17 bits per heavy atom. The minimum absolute atomic E-state index is 0.0317. The lowest BCUT2D eigenvalue weighted by Crippen LogP contribution is -2.19. The summed E-state index contributed by atoms with van der Waals surface area (Å²) in [7, 11) is 4.86. The highest BCUT2D eigenvalue weighted by atomic mass is 16.5. The van der Waals surface area contributed by atoms with E-state index >= 15 is 0 Å². The van der Waals surface area contributed by atoms with Crippen LogP contribution in [-0.2, 0) is 19.5 Å². The fourth-order valence-electron chi connectivity index (χ4n) is 6.17. The molecule has 252 valence electrons. The monoisotopic (exact) mass is 652 g/mol. The summed E-state index contributed by atoms with van der Waals surface area (Å²) in [6, 6.07) is 18.0. The normalized spacial score (nSPS) is 13.0. The van der Waals surface area contributed by atoms with E-state index in [1.54, 1.807) is 33.6 Å². The summed E-state index contributed by atoms with van der Waals surface area (Å²) in [5, 5.41) is 27.6. The standard InChI is InChI=1S/C38H44N4O6/c1-24-28(7-6-10-33(24)42-38(45)34-20-35(46-2)27(22-41-34)21-39-13-15-43)30-9-5-8-29-26(11-12-31(29)30)17-25-18-36(47-3)32(23-40-14-16-44)37(19-25)48-4/h5-10,17-20,22,39-40,43-44H,11-16,21,23H2,1-4H3,(H,42,45)/b26-17+. The van der Waals surface area contributed by atoms with E-state index in [0.717, 1.165) is 57.7 Å². The Bertz CT molecular complexity index is 1760. The SMILES string of the molecule is COc1cc(C(=O)Nc2cccc(-c3cccc4c3CC/C4=C\c3cc(OC)c(CNCCO)c(OC)c3)c2C)ncc1CNCCO. The molecule has 1 aromatic heterocycles. The third-order valence-corrected chi connectivity index (χ3v) is 8.60. The van der Waals surface area contributed by atoms with Crippen molar-refractivity contribution >= 4 is 23.2 Å². The second-order valence-electron chi connectivity index (χ2n) is 11.5. The largest absolute Gasteiger partial charge is 0.496 e. The lowest BCUT2D eigenvalue weighted by Gasteiger charge is -2.16. The minimum Gasteiger partial charge on any atom is -0.496 e. The molecule has 1 heterocycles. The zero-order valence-electron chi connectivity index (χ0n) is 28.0. The molecule has 0 radical (unpaired) electrons. The number of nitrogens with one attached hydrogen (secondary N) is 3. The van der Waals surface area contributed by atoms with Gasteiger partial charge in [-0.05, 0) is 76.9 Å². The summed E-state index contributed by atoms with van der Waals surface area (Å²) < 4.78 is 16.9. The van der Waals surface area contributed by atoms with Crippen LogP contribution in [0.4, 0.5) is 5.69 Å². The molecule has 0 bridgehead atoms. The number of carbonyl (C=O) groups excluding carboxylic acids is 1. The molecule has 3 aromatic carbocycles. The molecule has 0 saturated heterocycles. The number of carbonyl (C=O) groups is 1. The second-order valence-corrected chi connectivity index (χ2v) is 11.5. The number of allylic oxidation sites excluding steroid dienone is 1. The maximum Gasteiger partial charge on any atom is 0.274 e. The van der Waals surface area contributed by atoms with Gasteiger partial charge in [-0.25, -0.2) is 0 Å². The van der Waals surface area contributed by atoms with Crippen LogP contribution in [0.15, 0.2) is 60.8 Å². The predicted octanol–water partition coefficient (Wildman–Crippen LogP) is 4.99. The third-order valence-electron chi connectivity index (χ3n) is 8.60. The van der Waals surface area contributed by atoms with Crippen LogP contribution in [0.25, 0.3) is 22.8 Å². The summed E-state index contributed by atoms with van der Waals surface area (Å²) >= 11 is 0. The summed E-state index contributed by atoms with van der Waals surface area (Å²) in [4.78, 5) is 17.7. The molecule has 0 atom stereocenters. The first-order valence-corrected chi connectivity index (χ1v) is 16.1. The molecule has 10 nitrogen and oxygen atoms in total. The van der Waals surface area contributed by atoms with Crippen LogP contribution in [-0.4, -0.2) is 68.7 Å². The average molecular weight is 653 g/mol. The highest BCUT2D eigenvalue weighted by Gasteiger charge is 2.22. The van der Waals surface area contributed by atoms with Crippen molar-refractivity contribution in [3.05, 3.63) is 99.9 Å². The second kappa shape index (κ2) is 16.4. The van der Waals surface area contributed by atoms with Crippen LogP contribution >= 0.6 is 0 Å². The number of aliphatic hydroxyl groups excluding tert-OH is 2. The van der Waals surface area contributed by atoms with Crippen molar-refractivity contribution in [3.63, 3.8) is 0 Å². The highest BCUT2D eigenvalue weighted by Crippen LogP contribution is 2.42. The van der Waals surface area contributed by atoms with Crippen LogP contribution in [0.2, 0.25) is 0 Å².